The molecule has 0 saturated carbocycles. The molecule has 0 N–H and O–H groups in total. The van der Waals surface area contributed by atoms with Gasteiger partial charge in [-0.3, -0.25) is 24.5 Å². The van der Waals surface area contributed by atoms with E-state index in [1.165, 1.54) is 31.4 Å². The number of amides is 2. The number of hydroxylamine groups is 1. The van der Waals surface area contributed by atoms with Crippen molar-refractivity contribution in [2.75, 3.05) is 30.8 Å². The van der Waals surface area contributed by atoms with Crippen LogP contribution < -0.4 is 24.2 Å². The minimum atomic E-state index is -1.19. The molecule has 2 aliphatic heterocycles. The molecule has 2 saturated heterocycles. The van der Waals surface area contributed by atoms with E-state index in [1.807, 2.05) is 6.92 Å². The number of fused-ring (bicyclic) bond motifs is 1. The Morgan fingerprint density at radius 3 is 2.18 bits per heavy atom. The van der Waals surface area contributed by atoms with Gasteiger partial charge in [0.1, 0.15) is 17.7 Å². The molecule has 2 heterocycles. The van der Waals surface area contributed by atoms with Crippen molar-refractivity contribution in [1.82, 2.24) is 0 Å². The summed E-state index contributed by atoms with van der Waals surface area (Å²) in [7, 11) is 2.79. The van der Waals surface area contributed by atoms with Gasteiger partial charge < -0.3 is 14.2 Å². The van der Waals surface area contributed by atoms with Crippen LogP contribution in [0.1, 0.15) is 18.5 Å². The van der Waals surface area contributed by atoms with E-state index in [2.05, 4.69) is 0 Å². The van der Waals surface area contributed by atoms with Crippen LogP contribution in [-0.4, -0.2) is 43.7 Å². The highest BCUT2D eigenvalue weighted by Gasteiger charge is 2.61. The molecule has 0 radical (unpaired) electrons. The van der Waals surface area contributed by atoms with Gasteiger partial charge in [0.15, 0.2) is 17.6 Å². The fraction of sp³-hybridized carbons (Fsp3) is 0.259. The van der Waals surface area contributed by atoms with Crippen LogP contribution in [0.3, 0.4) is 0 Å². The molecule has 11 heteroatoms. The van der Waals surface area contributed by atoms with E-state index in [1.54, 1.807) is 54.6 Å². The van der Waals surface area contributed by atoms with Crippen molar-refractivity contribution in [3.8, 4) is 17.2 Å². The zero-order valence-electron chi connectivity index (χ0n) is 20.9. The number of methoxy groups -OCH3 is 2. The third kappa shape index (κ3) is 4.06. The number of hydrogen-bond donors (Lipinski definition) is 0. The average molecular weight is 520 g/mol. The highest BCUT2D eigenvalue weighted by atomic mass is 16.7. The second kappa shape index (κ2) is 10.0. The maximum Gasteiger partial charge on any atom is 0.278 e. The lowest BCUT2D eigenvalue weighted by atomic mass is 9.89. The summed E-state index contributed by atoms with van der Waals surface area (Å²) in [6, 6.07) is 17.1. The molecule has 3 aromatic carbocycles. The first-order valence-corrected chi connectivity index (χ1v) is 11.9. The summed E-state index contributed by atoms with van der Waals surface area (Å²) in [4.78, 5) is 46.2. The number of hydrogen-bond acceptors (Lipinski definition) is 9. The topological polar surface area (TPSA) is 121 Å². The second-order valence-electron chi connectivity index (χ2n) is 8.62. The van der Waals surface area contributed by atoms with Gasteiger partial charge in [0.25, 0.3) is 11.6 Å². The van der Waals surface area contributed by atoms with Gasteiger partial charge in [-0.2, -0.15) is 0 Å². The second-order valence-corrected chi connectivity index (χ2v) is 8.62. The minimum absolute atomic E-state index is 0.152. The van der Waals surface area contributed by atoms with Crippen LogP contribution in [0.5, 0.6) is 17.2 Å². The monoisotopic (exact) mass is 519 g/mol. The Morgan fingerprint density at radius 1 is 0.921 bits per heavy atom. The fourth-order valence-electron chi connectivity index (χ4n) is 4.92. The van der Waals surface area contributed by atoms with Crippen molar-refractivity contribution in [3.05, 3.63) is 82.4 Å². The van der Waals surface area contributed by atoms with E-state index < -0.39 is 34.8 Å². The number of carbonyl (C=O) groups is 2. The summed E-state index contributed by atoms with van der Waals surface area (Å²) < 4.78 is 16.1. The zero-order chi connectivity index (χ0) is 27.0. The smallest absolute Gasteiger partial charge is 0.278 e. The van der Waals surface area contributed by atoms with Crippen LogP contribution in [0, 0.1) is 16.0 Å². The molecule has 5 rings (SSSR count). The fourth-order valence-corrected chi connectivity index (χ4v) is 4.92. The molecule has 2 aliphatic rings. The number of para-hydroxylation sites is 1. The number of nitrogens with zero attached hydrogens (tertiary/aromatic N) is 3. The normalized spacial score (nSPS) is 20.4. The third-order valence-corrected chi connectivity index (χ3v) is 6.58. The van der Waals surface area contributed by atoms with E-state index in [0.717, 1.165) is 4.90 Å². The van der Waals surface area contributed by atoms with Gasteiger partial charge >= 0.3 is 0 Å². The van der Waals surface area contributed by atoms with E-state index in [-0.39, 0.29) is 22.7 Å². The molecule has 3 atom stereocenters. The van der Waals surface area contributed by atoms with Crippen LogP contribution in [-0.2, 0) is 14.4 Å². The number of anilines is 2. The molecule has 0 unspecified atom stereocenters. The number of nitro benzene ring substituents is 1. The predicted molar refractivity (Wildman–Crippen MR) is 136 cm³/mol. The highest BCUT2D eigenvalue weighted by molar-refractivity contribution is 6.24. The summed E-state index contributed by atoms with van der Waals surface area (Å²) in [6.45, 7) is 2.33. The summed E-state index contributed by atoms with van der Waals surface area (Å²) in [5.41, 5.74) is 0.744. The Balaban J connectivity index is 1.63. The van der Waals surface area contributed by atoms with Gasteiger partial charge in [0, 0.05) is 0 Å². The van der Waals surface area contributed by atoms with Gasteiger partial charge in [-0.25, -0.2) is 9.96 Å². The Kier molecular flexibility index (Phi) is 6.60. The van der Waals surface area contributed by atoms with Crippen molar-refractivity contribution in [1.29, 1.82) is 0 Å². The van der Waals surface area contributed by atoms with Crippen molar-refractivity contribution in [2.24, 2.45) is 5.92 Å². The van der Waals surface area contributed by atoms with Crippen molar-refractivity contribution < 1.29 is 33.6 Å². The molecule has 2 fully saturated rings. The first kappa shape index (κ1) is 25.0. The molecular weight excluding hydrogens is 494 g/mol. The quantitative estimate of drug-likeness (QED) is 0.246. The lowest BCUT2D eigenvalue weighted by Crippen LogP contribution is -2.37. The van der Waals surface area contributed by atoms with Crippen LogP contribution in [0.15, 0.2) is 66.7 Å². The number of imide groups is 1. The maximum absolute atomic E-state index is 13.9. The lowest BCUT2D eigenvalue weighted by molar-refractivity contribution is -0.385. The van der Waals surface area contributed by atoms with Crippen LogP contribution in [0.25, 0.3) is 0 Å². The average Bonchev–Trinajstić information content (AvgIpc) is 3.44. The summed E-state index contributed by atoms with van der Waals surface area (Å²) in [5, 5.41) is 13.6. The van der Waals surface area contributed by atoms with Gasteiger partial charge in [0.05, 0.1) is 48.8 Å². The number of rotatable bonds is 8. The molecule has 0 spiro atoms. The van der Waals surface area contributed by atoms with Crippen LogP contribution in [0.2, 0.25) is 0 Å². The molecule has 0 bridgehead atoms. The Labute approximate surface area is 218 Å². The van der Waals surface area contributed by atoms with E-state index >= 15 is 0 Å². The molecule has 38 heavy (non-hydrogen) atoms. The molecule has 0 aromatic heterocycles. The molecule has 196 valence electrons. The van der Waals surface area contributed by atoms with Gasteiger partial charge in [-0.1, -0.05) is 18.2 Å². The van der Waals surface area contributed by atoms with E-state index in [4.69, 9.17) is 19.0 Å². The van der Waals surface area contributed by atoms with Crippen molar-refractivity contribution in [2.45, 2.75) is 19.1 Å². The molecule has 2 amide bonds. The number of nitro groups is 1. The van der Waals surface area contributed by atoms with E-state index in [9.17, 15) is 19.7 Å². The largest absolute Gasteiger partial charge is 0.494 e. The summed E-state index contributed by atoms with van der Waals surface area (Å²) >= 11 is 0. The Bertz CT molecular complexity index is 1380. The highest BCUT2D eigenvalue weighted by Crippen LogP contribution is 2.51. The Morgan fingerprint density at radius 2 is 1.58 bits per heavy atom. The maximum atomic E-state index is 13.9. The van der Waals surface area contributed by atoms with Crippen molar-refractivity contribution >= 4 is 28.9 Å². The SMILES string of the molecule is CCOc1ccc(N2C(=O)[C@@H]3[C@@H](ON(c4ccccc4)[C@H]3c3cc(OC)c(OC)cc3[N+](=O)[O-])C2=O)cc1. The van der Waals surface area contributed by atoms with E-state index in [0.29, 0.717) is 23.7 Å². The molecule has 0 aliphatic carbocycles. The zero-order valence-corrected chi connectivity index (χ0v) is 20.9. The van der Waals surface area contributed by atoms with Crippen LogP contribution >= 0.6 is 0 Å². The standard InChI is InChI=1S/C27H25N3O8/c1-4-37-18-12-10-16(11-13-18)28-26(31)23-24(19-14-21(35-2)22(36-3)15-20(19)30(33)34)29(38-25(23)27(28)32)17-8-6-5-7-9-17/h5-15,23-25H,4H2,1-3H3/t23-,24-,25+/m0/s1. The number of benzene rings is 3. The minimum Gasteiger partial charge on any atom is -0.494 e. The first-order chi connectivity index (χ1) is 18.4. The lowest BCUT2D eigenvalue weighted by Gasteiger charge is -2.29. The predicted octanol–water partition coefficient (Wildman–Crippen LogP) is 4.06. The molecule has 3 aromatic rings. The van der Waals surface area contributed by atoms with Gasteiger partial charge in [0.2, 0.25) is 5.91 Å². The number of ether oxygens (including phenoxy) is 3. The van der Waals surface area contributed by atoms with Crippen LogP contribution in [0.4, 0.5) is 17.1 Å². The Hall–Kier alpha value is -4.64. The first-order valence-electron chi connectivity index (χ1n) is 11.9. The number of carbonyl (C=O) groups excluding carboxylic acids is 2. The third-order valence-electron chi connectivity index (χ3n) is 6.58. The molecular formula is C27H25N3O8. The van der Waals surface area contributed by atoms with Crippen molar-refractivity contribution in [3.63, 3.8) is 0 Å². The van der Waals surface area contributed by atoms with Gasteiger partial charge in [-0.05, 0) is 49.4 Å². The summed E-state index contributed by atoms with van der Waals surface area (Å²) in [5.74, 6) is -1.15. The molecule has 11 nitrogen and oxygen atoms in total. The van der Waals surface area contributed by atoms with Gasteiger partial charge in [-0.15, -0.1) is 0 Å². The summed E-state index contributed by atoms with van der Waals surface area (Å²) in [6.07, 6.45) is -1.19.